The quantitative estimate of drug-likeness (QED) is 0.146. The van der Waals surface area contributed by atoms with Crippen LogP contribution in [-0.2, 0) is 0 Å². The van der Waals surface area contributed by atoms with Crippen molar-refractivity contribution in [1.29, 1.82) is 0 Å². The van der Waals surface area contributed by atoms with Crippen molar-refractivity contribution in [2.45, 2.75) is 0 Å². The second-order valence-electron chi connectivity index (χ2n) is 12.4. The average molecular weight is 597 g/mol. The predicted octanol–water partition coefficient (Wildman–Crippen LogP) is 13.2. The lowest BCUT2D eigenvalue weighted by Gasteiger charge is -2.18. The summed E-state index contributed by atoms with van der Waals surface area (Å²) in [6.07, 6.45) is 0. The zero-order valence-corrected chi connectivity index (χ0v) is 25.6. The van der Waals surface area contributed by atoms with Crippen LogP contribution in [0.4, 0.5) is 0 Å². The number of furan rings is 1. The Morgan fingerprint density at radius 1 is 0.298 bits per heavy atom. The Balaban J connectivity index is 1.25. The molecule has 47 heavy (non-hydrogen) atoms. The summed E-state index contributed by atoms with van der Waals surface area (Å²) in [5.74, 6) is 0. The molecule has 0 unspecified atom stereocenters. The molecule has 0 radical (unpaired) electrons. The van der Waals surface area contributed by atoms with Gasteiger partial charge in [0, 0.05) is 10.8 Å². The summed E-state index contributed by atoms with van der Waals surface area (Å²) < 4.78 is 6.69. The number of benzene rings is 9. The highest BCUT2D eigenvalue weighted by Gasteiger charge is 2.20. The van der Waals surface area contributed by atoms with E-state index in [2.05, 4.69) is 170 Å². The van der Waals surface area contributed by atoms with E-state index < -0.39 is 0 Å². The summed E-state index contributed by atoms with van der Waals surface area (Å²) in [5.41, 5.74) is 9.11. The van der Waals surface area contributed by atoms with Gasteiger partial charge in [-0.3, -0.25) is 0 Å². The first-order valence-electron chi connectivity index (χ1n) is 16.2. The average Bonchev–Trinajstić information content (AvgIpc) is 3.52. The smallest absolute Gasteiger partial charge is 0.136 e. The summed E-state index contributed by atoms with van der Waals surface area (Å²) in [4.78, 5) is 0. The molecular weight excluding hydrogens is 569 g/mol. The van der Waals surface area contributed by atoms with Crippen LogP contribution in [0.3, 0.4) is 0 Å². The van der Waals surface area contributed by atoms with Crippen LogP contribution in [0.1, 0.15) is 0 Å². The highest BCUT2D eigenvalue weighted by atomic mass is 16.3. The molecule has 0 atom stereocenters. The van der Waals surface area contributed by atoms with Crippen LogP contribution in [-0.4, -0.2) is 0 Å². The highest BCUT2D eigenvalue weighted by molar-refractivity contribution is 6.26. The zero-order chi connectivity index (χ0) is 30.9. The molecule has 1 heterocycles. The first-order chi connectivity index (χ1) is 23.3. The molecule has 0 bridgehead atoms. The van der Waals surface area contributed by atoms with E-state index in [1.54, 1.807) is 0 Å². The lowest BCUT2D eigenvalue weighted by atomic mass is 9.85. The predicted molar refractivity (Wildman–Crippen MR) is 200 cm³/mol. The van der Waals surface area contributed by atoms with Gasteiger partial charge in [-0.05, 0) is 101 Å². The van der Waals surface area contributed by atoms with E-state index in [4.69, 9.17) is 4.42 Å². The summed E-state index contributed by atoms with van der Waals surface area (Å²) in [5, 5.41) is 12.3. The van der Waals surface area contributed by atoms with E-state index in [1.165, 1.54) is 70.9 Å². The summed E-state index contributed by atoms with van der Waals surface area (Å²) >= 11 is 0. The standard InChI is InChI=1S/C46H28O/c1-2-13-29(14-3-1)44-35-19-8-10-21-37(35)45(38-22-11-9-20-36(38)44)40-23-12-24-42-46(40)39-26-25-31(28-43(39)47-42)41-27-30-15-4-5-16-32(30)33-17-6-7-18-34(33)41/h1-28H. The second kappa shape index (κ2) is 10.2. The van der Waals surface area contributed by atoms with Gasteiger partial charge >= 0.3 is 0 Å². The molecule has 0 aliphatic rings. The summed E-state index contributed by atoms with van der Waals surface area (Å²) in [6.45, 7) is 0. The minimum atomic E-state index is 0.900. The van der Waals surface area contributed by atoms with Gasteiger partial charge in [0.25, 0.3) is 0 Å². The lowest BCUT2D eigenvalue weighted by molar-refractivity contribution is 0.669. The van der Waals surface area contributed by atoms with Crippen molar-refractivity contribution >= 4 is 65.0 Å². The van der Waals surface area contributed by atoms with Crippen LogP contribution < -0.4 is 0 Å². The Hall–Kier alpha value is -6.18. The molecule has 0 amide bonds. The van der Waals surface area contributed by atoms with Gasteiger partial charge in [-0.25, -0.2) is 0 Å². The Kier molecular flexibility index (Phi) is 5.64. The molecule has 1 aromatic heterocycles. The summed E-state index contributed by atoms with van der Waals surface area (Å²) in [7, 11) is 0. The van der Waals surface area contributed by atoms with E-state index in [1.807, 2.05) is 0 Å². The molecule has 10 rings (SSSR count). The minimum absolute atomic E-state index is 0.900. The van der Waals surface area contributed by atoms with Crippen molar-refractivity contribution in [1.82, 2.24) is 0 Å². The third-order valence-electron chi connectivity index (χ3n) is 9.84. The fourth-order valence-electron chi connectivity index (χ4n) is 7.83. The molecule has 0 spiro atoms. The molecule has 0 aliphatic carbocycles. The van der Waals surface area contributed by atoms with Gasteiger partial charge in [-0.1, -0.05) is 146 Å². The fourth-order valence-corrected chi connectivity index (χ4v) is 7.83. The van der Waals surface area contributed by atoms with E-state index in [-0.39, 0.29) is 0 Å². The van der Waals surface area contributed by atoms with Gasteiger partial charge in [0.05, 0.1) is 0 Å². The first kappa shape index (κ1) is 26.1. The van der Waals surface area contributed by atoms with Crippen molar-refractivity contribution in [2.75, 3.05) is 0 Å². The van der Waals surface area contributed by atoms with E-state index in [9.17, 15) is 0 Å². The van der Waals surface area contributed by atoms with Gasteiger partial charge in [-0.2, -0.15) is 0 Å². The Morgan fingerprint density at radius 2 is 0.894 bits per heavy atom. The molecule has 1 heteroatoms. The van der Waals surface area contributed by atoms with Crippen molar-refractivity contribution in [2.24, 2.45) is 0 Å². The van der Waals surface area contributed by atoms with Gasteiger partial charge < -0.3 is 4.42 Å². The molecule has 218 valence electrons. The summed E-state index contributed by atoms with van der Waals surface area (Å²) in [6, 6.07) is 61.4. The van der Waals surface area contributed by atoms with Gasteiger partial charge in [-0.15, -0.1) is 0 Å². The lowest BCUT2D eigenvalue weighted by Crippen LogP contribution is -1.91. The molecule has 1 nitrogen and oxygen atoms in total. The minimum Gasteiger partial charge on any atom is -0.456 e. The Labute approximate surface area is 271 Å². The topological polar surface area (TPSA) is 13.1 Å². The van der Waals surface area contributed by atoms with Crippen LogP contribution in [0.15, 0.2) is 174 Å². The van der Waals surface area contributed by atoms with Crippen molar-refractivity contribution in [3.63, 3.8) is 0 Å². The van der Waals surface area contributed by atoms with Crippen molar-refractivity contribution in [3.8, 4) is 33.4 Å². The normalized spacial score (nSPS) is 11.8. The van der Waals surface area contributed by atoms with Crippen LogP contribution in [0.2, 0.25) is 0 Å². The third-order valence-corrected chi connectivity index (χ3v) is 9.84. The van der Waals surface area contributed by atoms with Gasteiger partial charge in [0.15, 0.2) is 0 Å². The third kappa shape index (κ3) is 3.90. The Bertz CT molecular complexity index is 2780. The van der Waals surface area contributed by atoms with Crippen LogP contribution >= 0.6 is 0 Å². The van der Waals surface area contributed by atoms with E-state index >= 15 is 0 Å². The van der Waals surface area contributed by atoms with E-state index in [0.29, 0.717) is 0 Å². The van der Waals surface area contributed by atoms with Crippen molar-refractivity contribution in [3.05, 3.63) is 170 Å². The number of hydrogen-bond acceptors (Lipinski definition) is 1. The SMILES string of the molecule is c1ccc(-c2c3ccccc3c(-c3cccc4oc5cc(-c6cc7ccccc7c7ccccc67)ccc5c34)c3ccccc23)cc1. The molecule has 0 saturated carbocycles. The Morgan fingerprint density at radius 3 is 1.62 bits per heavy atom. The first-order valence-corrected chi connectivity index (χ1v) is 16.2. The molecule has 0 N–H and O–H groups in total. The largest absolute Gasteiger partial charge is 0.456 e. The number of fused-ring (bicyclic) bond motifs is 8. The maximum atomic E-state index is 6.69. The van der Waals surface area contributed by atoms with E-state index in [0.717, 1.165) is 27.5 Å². The van der Waals surface area contributed by atoms with Crippen molar-refractivity contribution < 1.29 is 4.42 Å². The van der Waals surface area contributed by atoms with Crippen LogP contribution in [0, 0.1) is 0 Å². The highest BCUT2D eigenvalue weighted by Crippen LogP contribution is 2.47. The van der Waals surface area contributed by atoms with Gasteiger partial charge in [0.1, 0.15) is 11.2 Å². The zero-order valence-electron chi connectivity index (χ0n) is 25.6. The van der Waals surface area contributed by atoms with Crippen LogP contribution in [0.5, 0.6) is 0 Å². The van der Waals surface area contributed by atoms with Gasteiger partial charge in [0.2, 0.25) is 0 Å². The maximum Gasteiger partial charge on any atom is 0.136 e. The fraction of sp³-hybridized carbons (Fsp3) is 0. The van der Waals surface area contributed by atoms with Crippen LogP contribution in [0.25, 0.3) is 98.4 Å². The molecule has 0 saturated heterocycles. The molecule has 9 aromatic carbocycles. The second-order valence-corrected chi connectivity index (χ2v) is 12.4. The monoisotopic (exact) mass is 596 g/mol. The molecule has 10 aromatic rings. The molecule has 0 aliphatic heterocycles. The molecule has 0 fully saturated rings. The number of hydrogen-bond donors (Lipinski definition) is 0. The molecular formula is C46H28O. The maximum absolute atomic E-state index is 6.69. The number of rotatable bonds is 3.